The summed E-state index contributed by atoms with van der Waals surface area (Å²) in [6.07, 6.45) is 3.00. The van der Waals surface area contributed by atoms with Crippen molar-refractivity contribution in [1.82, 2.24) is 0 Å². The fraction of sp³-hybridized carbons (Fsp3) is 0.625. The Morgan fingerprint density at radius 1 is 1.70 bits per heavy atom. The van der Waals surface area contributed by atoms with Gasteiger partial charge in [0.1, 0.15) is 0 Å². The van der Waals surface area contributed by atoms with Crippen molar-refractivity contribution in [2.45, 2.75) is 26.4 Å². The highest BCUT2D eigenvalue weighted by atomic mass is 16.3. The van der Waals surface area contributed by atoms with Crippen LogP contribution in [0.3, 0.4) is 0 Å². The maximum absolute atomic E-state index is 10.8. The van der Waals surface area contributed by atoms with Crippen molar-refractivity contribution < 1.29 is 9.90 Å². The lowest BCUT2D eigenvalue weighted by molar-refractivity contribution is -0.118. The highest BCUT2D eigenvalue weighted by Crippen LogP contribution is 2.29. The van der Waals surface area contributed by atoms with Crippen molar-refractivity contribution in [2.24, 2.45) is 5.41 Å². The van der Waals surface area contributed by atoms with Crippen molar-refractivity contribution in [1.29, 1.82) is 0 Å². The van der Waals surface area contributed by atoms with E-state index in [-0.39, 0.29) is 11.2 Å². The lowest BCUT2D eigenvalue weighted by Crippen LogP contribution is -2.32. The first-order valence-electron chi connectivity index (χ1n) is 3.41. The van der Waals surface area contributed by atoms with Crippen LogP contribution >= 0.6 is 0 Å². The largest absolute Gasteiger partial charge is 0.388 e. The minimum absolute atomic E-state index is 0.107. The maximum Gasteiger partial charge on any atom is 0.156 e. The SMILES string of the molecule is CC1(C)CC(=O)C=CC1O. The molecule has 2 nitrogen and oxygen atoms in total. The third-order valence-electron chi connectivity index (χ3n) is 1.89. The minimum atomic E-state index is -0.467. The molecule has 1 aliphatic carbocycles. The summed E-state index contributed by atoms with van der Waals surface area (Å²) in [5.41, 5.74) is -0.272. The van der Waals surface area contributed by atoms with Crippen LogP contribution in [0.1, 0.15) is 20.3 Å². The Labute approximate surface area is 60.6 Å². The highest BCUT2D eigenvalue weighted by Gasteiger charge is 2.30. The Morgan fingerprint density at radius 3 is 2.70 bits per heavy atom. The summed E-state index contributed by atoms with van der Waals surface area (Å²) in [5, 5.41) is 9.32. The van der Waals surface area contributed by atoms with Gasteiger partial charge in [0.2, 0.25) is 0 Å². The molecule has 0 aliphatic heterocycles. The molecule has 0 spiro atoms. The number of hydrogen-bond donors (Lipinski definition) is 1. The molecule has 1 atom stereocenters. The molecule has 10 heavy (non-hydrogen) atoms. The van der Waals surface area contributed by atoms with Crippen LogP contribution in [0.4, 0.5) is 0 Å². The molecule has 0 radical (unpaired) electrons. The van der Waals surface area contributed by atoms with E-state index in [1.807, 2.05) is 13.8 Å². The summed E-state index contributed by atoms with van der Waals surface area (Å²) in [6.45, 7) is 3.78. The van der Waals surface area contributed by atoms with Gasteiger partial charge >= 0.3 is 0 Å². The Morgan fingerprint density at radius 2 is 2.30 bits per heavy atom. The Kier molecular flexibility index (Phi) is 1.65. The van der Waals surface area contributed by atoms with Crippen LogP contribution in [0.25, 0.3) is 0 Å². The van der Waals surface area contributed by atoms with E-state index >= 15 is 0 Å². The summed E-state index contributed by atoms with van der Waals surface area (Å²) in [4.78, 5) is 10.8. The van der Waals surface area contributed by atoms with Gasteiger partial charge in [0.25, 0.3) is 0 Å². The van der Waals surface area contributed by atoms with E-state index in [4.69, 9.17) is 0 Å². The molecular formula is C8H12O2. The van der Waals surface area contributed by atoms with Crippen LogP contribution in [0.15, 0.2) is 12.2 Å². The van der Waals surface area contributed by atoms with Gasteiger partial charge in [0.05, 0.1) is 6.10 Å². The van der Waals surface area contributed by atoms with Crippen molar-refractivity contribution in [3.8, 4) is 0 Å². The molecule has 0 amide bonds. The second-order valence-corrected chi connectivity index (χ2v) is 3.44. The molecule has 0 aromatic heterocycles. The summed E-state index contributed by atoms with van der Waals surface area (Å²) < 4.78 is 0. The lowest BCUT2D eigenvalue weighted by Gasteiger charge is -2.29. The van der Waals surface area contributed by atoms with Crippen molar-refractivity contribution in [3.05, 3.63) is 12.2 Å². The summed E-state index contributed by atoms with van der Waals surface area (Å²) >= 11 is 0. The number of carbonyl (C=O) groups excluding carboxylic acids is 1. The molecule has 1 unspecified atom stereocenters. The van der Waals surface area contributed by atoms with Gasteiger partial charge in [0, 0.05) is 11.8 Å². The summed E-state index contributed by atoms with van der Waals surface area (Å²) in [6, 6.07) is 0. The van der Waals surface area contributed by atoms with Gasteiger partial charge in [-0.3, -0.25) is 4.79 Å². The van der Waals surface area contributed by atoms with Gasteiger partial charge < -0.3 is 5.11 Å². The van der Waals surface area contributed by atoms with Gasteiger partial charge in [-0.05, 0) is 6.08 Å². The van der Waals surface area contributed by atoms with Crippen LogP contribution in [0.2, 0.25) is 0 Å². The smallest absolute Gasteiger partial charge is 0.156 e. The highest BCUT2D eigenvalue weighted by molar-refractivity contribution is 5.91. The van der Waals surface area contributed by atoms with Gasteiger partial charge in [-0.1, -0.05) is 19.9 Å². The first kappa shape index (κ1) is 7.48. The number of allylic oxidation sites excluding steroid dienone is 1. The predicted octanol–water partition coefficient (Wildman–Crippen LogP) is 0.902. The molecule has 0 saturated heterocycles. The van der Waals surface area contributed by atoms with Crippen molar-refractivity contribution >= 4 is 5.78 Å². The van der Waals surface area contributed by atoms with E-state index in [0.29, 0.717) is 6.42 Å². The Bertz CT molecular complexity index is 180. The van der Waals surface area contributed by atoms with Crippen LogP contribution in [0.5, 0.6) is 0 Å². The third-order valence-corrected chi connectivity index (χ3v) is 1.89. The average molecular weight is 140 g/mol. The van der Waals surface area contributed by atoms with Gasteiger partial charge in [0.15, 0.2) is 5.78 Å². The first-order valence-corrected chi connectivity index (χ1v) is 3.41. The fourth-order valence-corrected chi connectivity index (χ4v) is 1.07. The molecular weight excluding hydrogens is 128 g/mol. The van der Waals surface area contributed by atoms with E-state index in [1.54, 1.807) is 6.08 Å². The molecule has 0 bridgehead atoms. The standard InChI is InChI=1S/C8H12O2/c1-8(2)5-6(9)3-4-7(8)10/h3-4,7,10H,5H2,1-2H3. The van der Waals surface area contributed by atoms with Crippen LogP contribution in [-0.2, 0) is 4.79 Å². The van der Waals surface area contributed by atoms with Crippen LogP contribution in [-0.4, -0.2) is 17.0 Å². The molecule has 0 fully saturated rings. The summed E-state index contributed by atoms with van der Waals surface area (Å²) in [5.74, 6) is 0.107. The number of hydrogen-bond acceptors (Lipinski definition) is 2. The predicted molar refractivity (Wildman–Crippen MR) is 38.6 cm³/mol. The van der Waals surface area contributed by atoms with Gasteiger partial charge in [-0.25, -0.2) is 0 Å². The zero-order chi connectivity index (χ0) is 7.78. The van der Waals surface area contributed by atoms with E-state index in [1.165, 1.54) is 6.08 Å². The number of aliphatic hydroxyl groups excluding tert-OH is 1. The lowest BCUT2D eigenvalue weighted by atomic mass is 9.78. The molecule has 0 aromatic rings. The molecule has 0 saturated carbocycles. The molecule has 1 N–H and O–H groups in total. The van der Waals surface area contributed by atoms with Crippen LogP contribution in [0, 0.1) is 5.41 Å². The maximum atomic E-state index is 10.8. The van der Waals surface area contributed by atoms with Crippen molar-refractivity contribution in [2.75, 3.05) is 0 Å². The number of ketones is 1. The van der Waals surface area contributed by atoms with E-state index in [9.17, 15) is 9.90 Å². The molecule has 0 heterocycles. The molecule has 2 heteroatoms. The van der Waals surface area contributed by atoms with E-state index < -0.39 is 6.10 Å². The molecule has 1 rings (SSSR count). The topological polar surface area (TPSA) is 37.3 Å². The van der Waals surface area contributed by atoms with Crippen LogP contribution < -0.4 is 0 Å². The number of aliphatic hydroxyl groups is 1. The number of carbonyl (C=O) groups is 1. The van der Waals surface area contributed by atoms with Gasteiger partial charge in [-0.2, -0.15) is 0 Å². The molecule has 0 aromatic carbocycles. The average Bonchev–Trinajstić information content (AvgIpc) is 1.78. The Hall–Kier alpha value is -0.630. The second kappa shape index (κ2) is 2.20. The van der Waals surface area contributed by atoms with E-state index in [0.717, 1.165) is 0 Å². The number of rotatable bonds is 0. The van der Waals surface area contributed by atoms with Gasteiger partial charge in [-0.15, -0.1) is 0 Å². The monoisotopic (exact) mass is 140 g/mol. The third kappa shape index (κ3) is 1.27. The quantitative estimate of drug-likeness (QED) is 0.543. The minimum Gasteiger partial charge on any atom is -0.388 e. The Balaban J connectivity index is 2.82. The van der Waals surface area contributed by atoms with E-state index in [2.05, 4.69) is 0 Å². The first-order chi connectivity index (χ1) is 4.52. The molecule has 1 aliphatic rings. The summed E-state index contributed by atoms with van der Waals surface area (Å²) in [7, 11) is 0. The van der Waals surface area contributed by atoms with Crippen molar-refractivity contribution in [3.63, 3.8) is 0 Å². The fourth-order valence-electron chi connectivity index (χ4n) is 1.07. The molecule has 56 valence electrons. The normalized spacial score (nSPS) is 30.7. The zero-order valence-corrected chi connectivity index (χ0v) is 6.29. The zero-order valence-electron chi connectivity index (χ0n) is 6.29. The second-order valence-electron chi connectivity index (χ2n) is 3.44.